The van der Waals surface area contributed by atoms with Crippen LogP contribution in [0.3, 0.4) is 0 Å². The molecule has 2 atom stereocenters. The van der Waals surface area contributed by atoms with Gasteiger partial charge in [-0.2, -0.15) is 0 Å². The van der Waals surface area contributed by atoms with Crippen LogP contribution in [-0.2, 0) is 14.3 Å². The molecule has 0 saturated heterocycles. The van der Waals surface area contributed by atoms with E-state index in [1.165, 1.54) is 308 Å². The number of esters is 1. The first kappa shape index (κ1) is 73.3. The third kappa shape index (κ3) is 61.4. The van der Waals surface area contributed by atoms with Crippen molar-refractivity contribution in [2.45, 2.75) is 392 Å². The molecule has 3 N–H and O–H groups in total. The zero-order chi connectivity index (χ0) is 54.3. The van der Waals surface area contributed by atoms with E-state index in [2.05, 4.69) is 31.3 Å². The molecule has 0 aromatic heterocycles. The molecule has 75 heavy (non-hydrogen) atoms. The molecule has 0 aliphatic heterocycles. The monoisotopic (exact) mass is 1060 g/mol. The lowest BCUT2D eigenvalue weighted by molar-refractivity contribution is -0.143. The highest BCUT2D eigenvalue weighted by Gasteiger charge is 2.18. The predicted octanol–water partition coefficient (Wildman–Crippen LogP) is 21.8. The van der Waals surface area contributed by atoms with E-state index in [0.717, 1.165) is 44.9 Å². The summed E-state index contributed by atoms with van der Waals surface area (Å²) in [6.07, 6.45) is 80.9. The van der Waals surface area contributed by atoms with Crippen molar-refractivity contribution in [1.82, 2.24) is 5.32 Å². The summed E-state index contributed by atoms with van der Waals surface area (Å²) in [5.74, 6) is -0.0706. The highest BCUT2D eigenvalue weighted by atomic mass is 16.5. The van der Waals surface area contributed by atoms with E-state index in [9.17, 15) is 19.8 Å². The number of aliphatic hydroxyl groups is 2. The lowest BCUT2D eigenvalue weighted by Gasteiger charge is -2.20. The highest BCUT2D eigenvalue weighted by Crippen LogP contribution is 2.18. The average Bonchev–Trinajstić information content (AvgIpc) is 3.41. The van der Waals surface area contributed by atoms with Crippen LogP contribution in [-0.4, -0.2) is 47.4 Å². The quantitative estimate of drug-likeness (QED) is 0.0320. The fraction of sp³-hybridized carbons (Fsp3) is 0.913. The Hall–Kier alpha value is -1.66. The number of hydrogen-bond donors (Lipinski definition) is 3. The molecule has 6 nitrogen and oxygen atoms in total. The minimum atomic E-state index is -0.851. The van der Waals surface area contributed by atoms with Gasteiger partial charge in [0.05, 0.1) is 25.4 Å². The van der Waals surface area contributed by atoms with E-state index in [4.69, 9.17) is 4.74 Å². The Morgan fingerprint density at radius 3 is 0.947 bits per heavy atom. The zero-order valence-corrected chi connectivity index (χ0v) is 50.8. The van der Waals surface area contributed by atoms with Crippen LogP contribution < -0.4 is 5.32 Å². The first-order valence-corrected chi connectivity index (χ1v) is 34.1. The molecule has 1 amide bonds. The molecule has 0 bridgehead atoms. The number of unbranched alkanes of at least 4 members (excludes halogenated alkanes) is 51. The maximum absolute atomic E-state index is 12.5. The number of nitrogens with one attached hydrogen (secondary N) is 1. The Morgan fingerprint density at radius 1 is 0.360 bits per heavy atom. The zero-order valence-electron chi connectivity index (χ0n) is 50.8. The summed E-state index contributed by atoms with van der Waals surface area (Å²) in [4.78, 5) is 24.6. The first-order valence-electron chi connectivity index (χ1n) is 34.1. The van der Waals surface area contributed by atoms with Crippen molar-refractivity contribution in [2.24, 2.45) is 0 Å². The number of aliphatic hydroxyl groups excluding tert-OH is 2. The smallest absolute Gasteiger partial charge is 0.305 e. The summed E-state index contributed by atoms with van der Waals surface area (Å²) in [5, 5.41) is 23.3. The topological polar surface area (TPSA) is 95.9 Å². The molecular formula is C69H133NO5. The Kier molecular flexibility index (Phi) is 63.4. The van der Waals surface area contributed by atoms with Gasteiger partial charge in [0.2, 0.25) is 5.91 Å². The molecule has 0 heterocycles. The van der Waals surface area contributed by atoms with Gasteiger partial charge in [0.1, 0.15) is 0 Å². The van der Waals surface area contributed by atoms with Gasteiger partial charge in [-0.05, 0) is 57.8 Å². The fourth-order valence-corrected chi connectivity index (χ4v) is 10.7. The van der Waals surface area contributed by atoms with Crippen LogP contribution in [0.2, 0.25) is 0 Å². The van der Waals surface area contributed by atoms with Gasteiger partial charge in [-0.25, -0.2) is 0 Å². The van der Waals surface area contributed by atoms with Crippen molar-refractivity contribution >= 4 is 11.9 Å². The van der Waals surface area contributed by atoms with Gasteiger partial charge in [-0.15, -0.1) is 0 Å². The molecule has 0 fully saturated rings. The maximum atomic E-state index is 12.5. The molecule has 0 aromatic carbocycles. The van der Waals surface area contributed by atoms with E-state index >= 15 is 0 Å². The first-order chi connectivity index (χ1) is 37.0. The normalized spacial score (nSPS) is 12.6. The summed E-state index contributed by atoms with van der Waals surface area (Å²) in [6, 6.07) is -0.635. The van der Waals surface area contributed by atoms with Gasteiger partial charge >= 0.3 is 5.97 Å². The van der Waals surface area contributed by atoms with Gasteiger partial charge < -0.3 is 20.3 Å². The Balaban J connectivity index is 3.44. The molecule has 0 spiro atoms. The number of amides is 1. The second-order valence-corrected chi connectivity index (χ2v) is 23.5. The predicted molar refractivity (Wildman–Crippen MR) is 329 cm³/mol. The largest absolute Gasteiger partial charge is 0.466 e. The lowest BCUT2D eigenvalue weighted by Crippen LogP contribution is -2.45. The van der Waals surface area contributed by atoms with E-state index in [0.29, 0.717) is 19.4 Å². The van der Waals surface area contributed by atoms with Gasteiger partial charge in [0.15, 0.2) is 0 Å². The number of allylic oxidation sites excluding steroid dienone is 3. The molecule has 6 heteroatoms. The second kappa shape index (κ2) is 64.9. The van der Waals surface area contributed by atoms with Crippen molar-refractivity contribution in [1.29, 1.82) is 0 Å². The van der Waals surface area contributed by atoms with E-state index in [1.54, 1.807) is 6.08 Å². The molecule has 0 radical (unpaired) electrons. The molecule has 0 rings (SSSR count). The summed E-state index contributed by atoms with van der Waals surface area (Å²) >= 11 is 0. The van der Waals surface area contributed by atoms with Crippen LogP contribution in [0.1, 0.15) is 380 Å². The summed E-state index contributed by atoms with van der Waals surface area (Å²) < 4.78 is 5.49. The van der Waals surface area contributed by atoms with E-state index in [1.807, 2.05) is 6.08 Å². The highest BCUT2D eigenvalue weighted by molar-refractivity contribution is 5.76. The van der Waals surface area contributed by atoms with Crippen molar-refractivity contribution in [2.75, 3.05) is 13.2 Å². The van der Waals surface area contributed by atoms with Crippen LogP contribution in [0.15, 0.2) is 24.3 Å². The fourth-order valence-electron chi connectivity index (χ4n) is 10.7. The van der Waals surface area contributed by atoms with Crippen LogP contribution >= 0.6 is 0 Å². The van der Waals surface area contributed by atoms with Crippen molar-refractivity contribution < 1.29 is 24.5 Å². The molecule has 444 valence electrons. The standard InChI is InChI=1S/C69H133NO5/c1-3-5-7-9-11-13-15-17-19-21-22-23-24-25-26-27-28-30-33-37-41-45-49-53-57-61-67(72)66(65-71)70-68(73)62-58-54-50-46-42-38-34-31-32-36-40-44-48-52-56-60-64-75-69(74)63-59-55-51-47-43-39-35-29-20-18-16-14-12-10-8-6-4-2/h18,20,57,61,66-67,71-72H,3-17,19,21-56,58-60,62-65H2,1-2H3,(H,70,73)/b20-18-,61-57+. The molecular weight excluding hydrogens is 923 g/mol. The van der Waals surface area contributed by atoms with Gasteiger partial charge in [-0.1, -0.05) is 334 Å². The summed E-state index contributed by atoms with van der Waals surface area (Å²) in [7, 11) is 0. The third-order valence-corrected chi connectivity index (χ3v) is 16.0. The molecule has 0 saturated carbocycles. The van der Waals surface area contributed by atoms with Crippen LogP contribution in [0.4, 0.5) is 0 Å². The van der Waals surface area contributed by atoms with Gasteiger partial charge in [0.25, 0.3) is 0 Å². The lowest BCUT2D eigenvalue weighted by atomic mass is 10.0. The summed E-state index contributed by atoms with van der Waals surface area (Å²) in [5.41, 5.74) is 0. The van der Waals surface area contributed by atoms with Crippen LogP contribution in [0.5, 0.6) is 0 Å². The van der Waals surface area contributed by atoms with Crippen molar-refractivity contribution in [3.63, 3.8) is 0 Å². The van der Waals surface area contributed by atoms with Crippen LogP contribution in [0.25, 0.3) is 0 Å². The minimum Gasteiger partial charge on any atom is -0.466 e. The van der Waals surface area contributed by atoms with Gasteiger partial charge in [-0.3, -0.25) is 9.59 Å². The Labute approximate surface area is 469 Å². The number of carbonyl (C=O) groups is 2. The molecule has 2 unspecified atom stereocenters. The molecule has 0 aliphatic carbocycles. The van der Waals surface area contributed by atoms with Crippen LogP contribution in [0, 0.1) is 0 Å². The minimum absolute atomic E-state index is 0.0000758. The number of rotatable bonds is 64. The van der Waals surface area contributed by atoms with E-state index in [-0.39, 0.29) is 18.5 Å². The maximum Gasteiger partial charge on any atom is 0.305 e. The van der Waals surface area contributed by atoms with Crippen molar-refractivity contribution in [3.8, 4) is 0 Å². The number of carbonyl (C=O) groups excluding carboxylic acids is 2. The van der Waals surface area contributed by atoms with Gasteiger partial charge in [0, 0.05) is 12.8 Å². The summed E-state index contributed by atoms with van der Waals surface area (Å²) in [6.45, 7) is 4.92. The Morgan fingerprint density at radius 2 is 0.627 bits per heavy atom. The SMILES string of the molecule is CCCCCCCC/C=C\CCCCCCCCCC(=O)OCCCCCCCCCCCCCCCCCCC(=O)NC(CO)C(O)/C=C/CCCCCCCCCCCCCCCCCCCCCCCCC. The Bertz CT molecular complexity index is 1170. The van der Waals surface area contributed by atoms with E-state index < -0.39 is 12.1 Å². The number of hydrogen-bond acceptors (Lipinski definition) is 5. The number of ether oxygens (including phenoxy) is 1. The average molecular weight is 1060 g/mol. The molecule has 0 aliphatic rings. The second-order valence-electron chi connectivity index (χ2n) is 23.5. The molecule has 0 aromatic rings. The van der Waals surface area contributed by atoms with Crippen molar-refractivity contribution in [3.05, 3.63) is 24.3 Å². The third-order valence-electron chi connectivity index (χ3n) is 16.0.